The molecule has 0 atom stereocenters. The molecule has 1 aromatic carbocycles. The van der Waals surface area contributed by atoms with Crippen molar-refractivity contribution in [3.63, 3.8) is 0 Å². The van der Waals surface area contributed by atoms with Crippen molar-refractivity contribution in [2.75, 3.05) is 13.1 Å². The standard InChI is InChI=1S/C18H24N2O5/c1-11-12(5-6-13-14(11)10-24-16(13)22)7-8-20(9-15(19)21)17(23)25-18(2,3)4/h5-6H,7-10H2,1-4H3,(H2,19,21). The van der Waals surface area contributed by atoms with Crippen molar-refractivity contribution in [2.24, 2.45) is 5.73 Å². The lowest BCUT2D eigenvalue weighted by Crippen LogP contribution is -2.42. The van der Waals surface area contributed by atoms with Crippen LogP contribution in [0.15, 0.2) is 12.1 Å². The van der Waals surface area contributed by atoms with Crippen LogP contribution in [0.4, 0.5) is 4.79 Å². The van der Waals surface area contributed by atoms with Gasteiger partial charge in [-0.15, -0.1) is 0 Å². The van der Waals surface area contributed by atoms with Crippen LogP contribution < -0.4 is 5.73 Å². The number of carbonyl (C=O) groups is 3. The second kappa shape index (κ2) is 7.13. The van der Waals surface area contributed by atoms with Crippen molar-refractivity contribution in [1.82, 2.24) is 4.90 Å². The number of esters is 1. The third-order valence-corrected chi connectivity index (χ3v) is 3.93. The molecule has 1 aliphatic rings. The fourth-order valence-corrected chi connectivity index (χ4v) is 2.67. The fraction of sp³-hybridized carbons (Fsp3) is 0.500. The maximum atomic E-state index is 12.3. The molecule has 0 saturated carbocycles. The van der Waals surface area contributed by atoms with Crippen LogP contribution in [0.1, 0.15) is 47.8 Å². The summed E-state index contributed by atoms with van der Waals surface area (Å²) in [5, 5.41) is 0. The molecule has 0 spiro atoms. The quantitative estimate of drug-likeness (QED) is 0.820. The van der Waals surface area contributed by atoms with E-state index >= 15 is 0 Å². The first-order valence-electron chi connectivity index (χ1n) is 8.13. The fourth-order valence-electron chi connectivity index (χ4n) is 2.67. The topological polar surface area (TPSA) is 98.9 Å². The minimum Gasteiger partial charge on any atom is -0.457 e. The highest BCUT2D eigenvalue weighted by atomic mass is 16.6. The van der Waals surface area contributed by atoms with Crippen LogP contribution in [-0.2, 0) is 27.3 Å². The Hall–Kier alpha value is -2.57. The monoisotopic (exact) mass is 348 g/mol. The van der Waals surface area contributed by atoms with Crippen molar-refractivity contribution in [1.29, 1.82) is 0 Å². The van der Waals surface area contributed by atoms with Crippen LogP contribution in [0.5, 0.6) is 0 Å². The van der Waals surface area contributed by atoms with E-state index in [-0.39, 0.29) is 25.7 Å². The number of nitrogens with two attached hydrogens (primary N) is 1. The predicted octanol–water partition coefficient (Wildman–Crippen LogP) is 1.93. The zero-order valence-corrected chi connectivity index (χ0v) is 15.0. The number of benzene rings is 1. The van der Waals surface area contributed by atoms with Gasteiger partial charge in [-0.05, 0) is 51.3 Å². The van der Waals surface area contributed by atoms with E-state index in [1.54, 1.807) is 26.8 Å². The Morgan fingerprint density at radius 3 is 2.60 bits per heavy atom. The van der Waals surface area contributed by atoms with E-state index in [0.29, 0.717) is 12.0 Å². The predicted molar refractivity (Wildman–Crippen MR) is 91.0 cm³/mol. The molecule has 1 aliphatic heterocycles. The number of primary amides is 1. The number of nitrogens with zero attached hydrogens (tertiary/aromatic N) is 1. The summed E-state index contributed by atoms with van der Waals surface area (Å²) < 4.78 is 10.4. The van der Waals surface area contributed by atoms with Gasteiger partial charge < -0.3 is 15.2 Å². The number of amides is 2. The molecule has 0 radical (unpaired) electrons. The van der Waals surface area contributed by atoms with Crippen molar-refractivity contribution in [3.05, 3.63) is 34.4 Å². The first-order valence-corrected chi connectivity index (χ1v) is 8.13. The van der Waals surface area contributed by atoms with Gasteiger partial charge in [0.25, 0.3) is 0 Å². The molecule has 0 saturated heterocycles. The number of rotatable bonds is 5. The third kappa shape index (κ3) is 4.71. The average Bonchev–Trinajstić information content (AvgIpc) is 2.85. The number of hydrogen-bond acceptors (Lipinski definition) is 5. The van der Waals surface area contributed by atoms with Crippen molar-refractivity contribution in [2.45, 2.75) is 46.3 Å². The van der Waals surface area contributed by atoms with Gasteiger partial charge >= 0.3 is 12.1 Å². The molecule has 0 unspecified atom stereocenters. The lowest BCUT2D eigenvalue weighted by Gasteiger charge is -2.26. The minimum absolute atomic E-state index is 0.208. The first kappa shape index (κ1) is 18.8. The summed E-state index contributed by atoms with van der Waals surface area (Å²) >= 11 is 0. The van der Waals surface area contributed by atoms with Crippen LogP contribution in [0.2, 0.25) is 0 Å². The van der Waals surface area contributed by atoms with Crippen LogP contribution in [-0.4, -0.2) is 41.6 Å². The molecule has 0 fully saturated rings. The summed E-state index contributed by atoms with van der Waals surface area (Å²) in [5.41, 5.74) is 7.99. The highest BCUT2D eigenvalue weighted by Crippen LogP contribution is 2.26. The van der Waals surface area contributed by atoms with E-state index in [9.17, 15) is 14.4 Å². The van der Waals surface area contributed by atoms with Gasteiger partial charge in [-0.2, -0.15) is 0 Å². The van der Waals surface area contributed by atoms with E-state index in [1.165, 1.54) is 4.90 Å². The molecule has 25 heavy (non-hydrogen) atoms. The van der Waals surface area contributed by atoms with Crippen LogP contribution in [0.25, 0.3) is 0 Å². The molecule has 2 N–H and O–H groups in total. The zero-order valence-electron chi connectivity index (χ0n) is 15.0. The second-order valence-electron chi connectivity index (χ2n) is 7.07. The van der Waals surface area contributed by atoms with E-state index in [2.05, 4.69) is 0 Å². The van der Waals surface area contributed by atoms with Crippen molar-refractivity contribution in [3.8, 4) is 0 Å². The summed E-state index contributed by atoms with van der Waals surface area (Å²) in [6.45, 7) is 7.54. The van der Waals surface area contributed by atoms with Crippen molar-refractivity contribution < 1.29 is 23.9 Å². The summed E-state index contributed by atoms with van der Waals surface area (Å²) in [6, 6.07) is 3.58. The number of cyclic esters (lactones) is 1. The molecular formula is C18H24N2O5. The second-order valence-corrected chi connectivity index (χ2v) is 7.07. The van der Waals surface area contributed by atoms with Gasteiger partial charge in [-0.1, -0.05) is 6.07 Å². The normalized spacial score (nSPS) is 13.2. The summed E-state index contributed by atoms with van der Waals surface area (Å²) in [6.07, 6.45) is -0.0663. The van der Waals surface area contributed by atoms with Gasteiger partial charge in [0.1, 0.15) is 18.8 Å². The zero-order chi connectivity index (χ0) is 18.8. The highest BCUT2D eigenvalue weighted by Gasteiger charge is 2.26. The maximum Gasteiger partial charge on any atom is 0.410 e. The average molecular weight is 348 g/mol. The molecule has 0 aromatic heterocycles. The molecular weight excluding hydrogens is 324 g/mol. The van der Waals surface area contributed by atoms with E-state index in [1.807, 2.05) is 13.0 Å². The number of hydrogen-bond donors (Lipinski definition) is 1. The van der Waals surface area contributed by atoms with Gasteiger partial charge in [0.2, 0.25) is 5.91 Å². The molecule has 1 heterocycles. The highest BCUT2D eigenvalue weighted by molar-refractivity contribution is 5.93. The number of ether oxygens (including phenoxy) is 2. The van der Waals surface area contributed by atoms with Gasteiger partial charge in [-0.3, -0.25) is 9.69 Å². The summed E-state index contributed by atoms with van der Waals surface area (Å²) in [7, 11) is 0. The molecule has 7 nitrogen and oxygen atoms in total. The molecule has 0 aliphatic carbocycles. The molecule has 1 aromatic rings. The molecule has 0 bridgehead atoms. The third-order valence-electron chi connectivity index (χ3n) is 3.93. The number of fused-ring (bicyclic) bond motifs is 1. The van der Waals surface area contributed by atoms with Crippen LogP contribution in [0.3, 0.4) is 0 Å². The van der Waals surface area contributed by atoms with Gasteiger partial charge in [0.15, 0.2) is 0 Å². The van der Waals surface area contributed by atoms with Crippen LogP contribution >= 0.6 is 0 Å². The Balaban J connectivity index is 2.11. The minimum atomic E-state index is -0.659. The molecule has 2 amide bonds. The number of carbonyl (C=O) groups excluding carboxylic acids is 3. The van der Waals surface area contributed by atoms with Gasteiger partial charge in [0, 0.05) is 12.1 Å². The lowest BCUT2D eigenvalue weighted by atomic mass is 9.97. The van der Waals surface area contributed by atoms with Gasteiger partial charge in [0.05, 0.1) is 5.56 Å². The van der Waals surface area contributed by atoms with E-state index in [0.717, 1.165) is 16.7 Å². The summed E-state index contributed by atoms with van der Waals surface area (Å²) in [5.74, 6) is -0.913. The lowest BCUT2D eigenvalue weighted by molar-refractivity contribution is -0.119. The Kier molecular flexibility index (Phi) is 5.35. The Morgan fingerprint density at radius 2 is 2.00 bits per heavy atom. The summed E-state index contributed by atoms with van der Waals surface area (Å²) in [4.78, 5) is 36.4. The Bertz CT molecular complexity index is 706. The molecule has 2 rings (SSSR count). The van der Waals surface area contributed by atoms with Crippen molar-refractivity contribution >= 4 is 18.0 Å². The first-order chi connectivity index (χ1) is 11.6. The smallest absolute Gasteiger partial charge is 0.410 e. The largest absolute Gasteiger partial charge is 0.457 e. The molecule has 136 valence electrons. The van der Waals surface area contributed by atoms with E-state index < -0.39 is 17.6 Å². The van der Waals surface area contributed by atoms with E-state index in [4.69, 9.17) is 15.2 Å². The molecule has 7 heteroatoms. The Labute approximate surface area is 147 Å². The Morgan fingerprint density at radius 1 is 1.32 bits per heavy atom. The SMILES string of the molecule is Cc1c(CCN(CC(N)=O)C(=O)OC(C)(C)C)ccc2c1COC2=O. The maximum absolute atomic E-state index is 12.3. The van der Waals surface area contributed by atoms with Crippen LogP contribution in [0, 0.1) is 6.92 Å². The van der Waals surface area contributed by atoms with Gasteiger partial charge in [-0.25, -0.2) is 9.59 Å².